The van der Waals surface area contributed by atoms with Gasteiger partial charge in [0.25, 0.3) is 0 Å². The third-order valence-electron chi connectivity index (χ3n) is 9.23. The van der Waals surface area contributed by atoms with Crippen LogP contribution in [0.2, 0.25) is 10.0 Å². The lowest BCUT2D eigenvalue weighted by Crippen LogP contribution is -1.95. The SMILES string of the molecule is C.C.CC(C)Cc1[nH]nc2ccc(Cl)cc12.CC(C)Cc1ncn2ccc(Cl)cc12.CCc1ccc(CCC(C)C)cc1.Cc1ccc2c(CC(C)C)[nH]nc2c1. The van der Waals surface area contributed by atoms with Crippen LogP contribution in [0.25, 0.3) is 27.3 Å². The minimum Gasteiger partial charge on any atom is -0.306 e. The molecule has 310 valence electrons. The quantitative estimate of drug-likeness (QED) is 0.144. The lowest BCUT2D eigenvalue weighted by atomic mass is 10.0. The van der Waals surface area contributed by atoms with Gasteiger partial charge in [0.1, 0.15) is 0 Å². The second-order valence-electron chi connectivity index (χ2n) is 16.3. The number of pyridine rings is 1. The van der Waals surface area contributed by atoms with Crippen molar-refractivity contribution in [3.63, 3.8) is 0 Å². The van der Waals surface area contributed by atoms with Crippen LogP contribution >= 0.6 is 23.2 Å². The van der Waals surface area contributed by atoms with Crippen molar-refractivity contribution in [3.8, 4) is 0 Å². The minimum absolute atomic E-state index is 0. The van der Waals surface area contributed by atoms with Crippen molar-refractivity contribution in [1.82, 2.24) is 29.8 Å². The van der Waals surface area contributed by atoms with Crippen LogP contribution in [-0.2, 0) is 32.1 Å². The Morgan fingerprint density at radius 3 is 1.79 bits per heavy atom. The van der Waals surface area contributed by atoms with Crippen LogP contribution in [0.15, 0.2) is 85.3 Å². The number of aryl methyl sites for hydroxylation is 3. The van der Waals surface area contributed by atoms with Gasteiger partial charge in [-0.05, 0) is 122 Å². The van der Waals surface area contributed by atoms with Crippen molar-refractivity contribution in [2.75, 3.05) is 0 Å². The summed E-state index contributed by atoms with van der Waals surface area (Å²) in [6.45, 7) is 22.1. The zero-order valence-electron chi connectivity index (χ0n) is 34.7. The summed E-state index contributed by atoms with van der Waals surface area (Å²) in [5, 5.41) is 18.7. The number of halogens is 2. The van der Waals surface area contributed by atoms with Gasteiger partial charge in [-0.1, -0.05) is 137 Å². The second-order valence-corrected chi connectivity index (χ2v) is 17.2. The monoisotopic (exact) mass is 813 g/mol. The average molecular weight is 814 g/mol. The van der Waals surface area contributed by atoms with Gasteiger partial charge in [0, 0.05) is 38.4 Å². The van der Waals surface area contributed by atoms with Crippen LogP contribution in [0.1, 0.15) is 117 Å². The molecular formula is C49H70Cl2N6. The zero-order chi connectivity index (χ0) is 40.1. The van der Waals surface area contributed by atoms with Crippen LogP contribution in [0, 0.1) is 30.6 Å². The van der Waals surface area contributed by atoms with Crippen LogP contribution in [0.5, 0.6) is 0 Å². The molecule has 2 N–H and O–H groups in total. The highest BCUT2D eigenvalue weighted by atomic mass is 35.5. The molecular weight excluding hydrogens is 743 g/mol. The van der Waals surface area contributed by atoms with Crippen molar-refractivity contribution in [3.05, 3.63) is 129 Å². The van der Waals surface area contributed by atoms with E-state index in [-0.39, 0.29) is 14.9 Å². The highest BCUT2D eigenvalue weighted by Crippen LogP contribution is 2.23. The summed E-state index contributed by atoms with van der Waals surface area (Å²) in [4.78, 5) is 4.38. The third-order valence-corrected chi connectivity index (χ3v) is 9.70. The normalized spacial score (nSPS) is 10.9. The van der Waals surface area contributed by atoms with E-state index in [1.54, 1.807) is 0 Å². The number of fused-ring (bicyclic) bond motifs is 3. The molecule has 0 atom stereocenters. The molecule has 0 aliphatic rings. The van der Waals surface area contributed by atoms with Crippen molar-refractivity contribution in [2.24, 2.45) is 23.7 Å². The summed E-state index contributed by atoms with van der Waals surface area (Å²) in [6.07, 6.45) is 10.5. The summed E-state index contributed by atoms with van der Waals surface area (Å²) in [7, 11) is 0. The van der Waals surface area contributed by atoms with Gasteiger partial charge in [-0.25, -0.2) is 4.98 Å². The average Bonchev–Trinajstić information content (AvgIpc) is 3.84. The Morgan fingerprint density at radius 1 is 0.614 bits per heavy atom. The molecule has 0 saturated heterocycles. The number of benzene rings is 3. The van der Waals surface area contributed by atoms with Crippen LogP contribution < -0.4 is 0 Å². The van der Waals surface area contributed by atoms with E-state index in [0.29, 0.717) is 17.8 Å². The number of nitrogens with one attached hydrogen (secondary N) is 2. The topological polar surface area (TPSA) is 74.7 Å². The predicted octanol–water partition coefficient (Wildman–Crippen LogP) is 14.8. The van der Waals surface area contributed by atoms with Gasteiger partial charge < -0.3 is 4.40 Å². The second kappa shape index (κ2) is 23.9. The molecule has 57 heavy (non-hydrogen) atoms. The summed E-state index contributed by atoms with van der Waals surface area (Å²) in [6, 6.07) is 25.1. The first kappa shape index (κ1) is 49.0. The predicted molar refractivity (Wildman–Crippen MR) is 250 cm³/mol. The molecule has 6 nitrogen and oxygen atoms in total. The first-order valence-electron chi connectivity index (χ1n) is 20.0. The van der Waals surface area contributed by atoms with Gasteiger partial charge in [0.2, 0.25) is 0 Å². The van der Waals surface area contributed by atoms with Gasteiger partial charge in [-0.15, -0.1) is 0 Å². The molecule has 7 aromatic rings. The van der Waals surface area contributed by atoms with Crippen LogP contribution in [0.4, 0.5) is 0 Å². The van der Waals surface area contributed by atoms with Gasteiger partial charge in [0.05, 0.1) is 28.6 Å². The molecule has 7 rings (SSSR count). The number of aromatic nitrogens is 6. The maximum Gasteiger partial charge on any atom is 0.0995 e. The fraction of sp³-hybridized carbons (Fsp3) is 0.449. The number of nitrogens with zero attached hydrogens (tertiary/aromatic N) is 4. The highest BCUT2D eigenvalue weighted by molar-refractivity contribution is 6.31. The molecule has 0 bridgehead atoms. The van der Waals surface area contributed by atoms with Crippen LogP contribution in [0.3, 0.4) is 0 Å². The molecule has 0 unspecified atom stereocenters. The lowest BCUT2D eigenvalue weighted by molar-refractivity contribution is 0.586. The summed E-state index contributed by atoms with van der Waals surface area (Å²) in [5.41, 5.74) is 10.9. The van der Waals surface area contributed by atoms with E-state index in [1.807, 2.05) is 47.3 Å². The van der Waals surface area contributed by atoms with E-state index in [2.05, 4.69) is 137 Å². The Hall–Kier alpha value is -4.13. The summed E-state index contributed by atoms with van der Waals surface area (Å²) < 4.78 is 2.00. The lowest BCUT2D eigenvalue weighted by Gasteiger charge is -2.05. The Labute approximate surface area is 354 Å². The summed E-state index contributed by atoms with van der Waals surface area (Å²) in [5.74, 6) is 2.72. The molecule has 0 aliphatic heterocycles. The fourth-order valence-electron chi connectivity index (χ4n) is 6.30. The largest absolute Gasteiger partial charge is 0.306 e. The molecule has 4 aromatic heterocycles. The Kier molecular flexibility index (Phi) is 20.6. The molecule has 0 amide bonds. The molecule has 0 saturated carbocycles. The molecule has 0 radical (unpaired) electrons. The van der Waals surface area contributed by atoms with Crippen LogP contribution in [-0.4, -0.2) is 29.8 Å². The van der Waals surface area contributed by atoms with Gasteiger partial charge in [-0.2, -0.15) is 10.2 Å². The summed E-state index contributed by atoms with van der Waals surface area (Å²) >= 11 is 11.9. The van der Waals surface area contributed by atoms with E-state index in [1.165, 1.54) is 46.3 Å². The Balaban J connectivity index is 0.000000259. The van der Waals surface area contributed by atoms with Gasteiger partial charge in [-0.3, -0.25) is 10.2 Å². The Bertz CT molecular complexity index is 2100. The fourth-order valence-corrected chi connectivity index (χ4v) is 6.63. The van der Waals surface area contributed by atoms with E-state index in [0.717, 1.165) is 69.3 Å². The number of hydrogen-bond donors (Lipinski definition) is 2. The van der Waals surface area contributed by atoms with E-state index in [4.69, 9.17) is 23.2 Å². The van der Waals surface area contributed by atoms with E-state index >= 15 is 0 Å². The van der Waals surface area contributed by atoms with Gasteiger partial charge in [0.15, 0.2) is 0 Å². The molecule has 0 spiro atoms. The smallest absolute Gasteiger partial charge is 0.0995 e. The zero-order valence-corrected chi connectivity index (χ0v) is 36.2. The molecule has 0 aliphatic carbocycles. The maximum atomic E-state index is 5.94. The third kappa shape index (κ3) is 15.6. The highest BCUT2D eigenvalue weighted by Gasteiger charge is 2.09. The number of H-pyrrole nitrogens is 2. The molecule has 4 heterocycles. The molecule has 8 heteroatoms. The van der Waals surface area contributed by atoms with E-state index in [9.17, 15) is 0 Å². The minimum atomic E-state index is 0. The standard InChI is InChI=1S/C13H20.C12H16N2.2C11H13ClN2.2CH4/c1-4-12-7-9-13(10-8-12)6-5-11(2)3;1-8(2)6-11-10-5-4-9(3)7-12(10)14-13-11;1-8(2)5-10-11-6-9(12)3-4-14(11)7-13-10;1-7(2)5-11-9-6-8(12)3-4-10(9)13-14-11;;/h7-11H,4-6H2,1-3H3;4-5,7-8H,6H2,1-3H3,(H,13,14);3-4,6-8H,5H2,1-2H3;3-4,6-7H,5H2,1-2H3,(H,13,14);2*1H4. The maximum absolute atomic E-state index is 5.94. The van der Waals surface area contributed by atoms with Crippen molar-refractivity contribution in [2.45, 2.75) is 123 Å². The molecule has 3 aromatic carbocycles. The van der Waals surface area contributed by atoms with Crippen molar-refractivity contribution >= 4 is 50.5 Å². The first-order chi connectivity index (χ1) is 26.2. The van der Waals surface area contributed by atoms with Crippen molar-refractivity contribution in [1.29, 1.82) is 0 Å². The number of rotatable bonds is 10. The van der Waals surface area contributed by atoms with Gasteiger partial charge >= 0.3 is 0 Å². The Morgan fingerprint density at radius 2 is 1.19 bits per heavy atom. The number of aromatic amines is 2. The molecule has 0 fully saturated rings. The number of hydrogen-bond acceptors (Lipinski definition) is 3. The van der Waals surface area contributed by atoms with Crippen molar-refractivity contribution < 1.29 is 0 Å². The van der Waals surface area contributed by atoms with E-state index < -0.39 is 0 Å². The number of imidazole rings is 1. The first-order valence-corrected chi connectivity index (χ1v) is 20.7.